The van der Waals surface area contributed by atoms with Gasteiger partial charge in [-0.15, -0.1) is 24.0 Å². The summed E-state index contributed by atoms with van der Waals surface area (Å²) in [6.07, 6.45) is 6.46. The summed E-state index contributed by atoms with van der Waals surface area (Å²) in [5.74, 6) is 0.696. The fraction of sp³-hybridized carbons (Fsp3) is 0.938. The Kier molecular flexibility index (Phi) is 7.84. The van der Waals surface area contributed by atoms with Crippen LogP contribution in [0.2, 0.25) is 0 Å². The fourth-order valence-electron chi connectivity index (χ4n) is 3.94. The first-order chi connectivity index (χ1) is 10.8. The second-order valence-corrected chi connectivity index (χ2v) is 6.66. The fourth-order valence-corrected chi connectivity index (χ4v) is 3.94. The summed E-state index contributed by atoms with van der Waals surface area (Å²) in [5, 5.41) is 0. The van der Waals surface area contributed by atoms with Crippen molar-refractivity contribution in [3.63, 3.8) is 0 Å². The molecule has 0 aromatic rings. The molecule has 3 fully saturated rings. The lowest BCUT2D eigenvalue weighted by atomic mass is 9.80. The number of aliphatic imine (C=N–C) groups is 1. The number of halogens is 1. The van der Waals surface area contributed by atoms with Crippen LogP contribution in [0.3, 0.4) is 0 Å². The summed E-state index contributed by atoms with van der Waals surface area (Å²) in [5.41, 5.74) is 6.44. The molecule has 2 N–H and O–H groups in total. The largest absolute Gasteiger partial charge is 0.379 e. The van der Waals surface area contributed by atoms with Crippen molar-refractivity contribution >= 4 is 29.9 Å². The van der Waals surface area contributed by atoms with E-state index in [0.29, 0.717) is 5.96 Å². The Balaban J connectivity index is 0.00000192. The highest BCUT2D eigenvalue weighted by molar-refractivity contribution is 14.0. The average molecular weight is 438 g/mol. The van der Waals surface area contributed by atoms with Crippen LogP contribution in [0.4, 0.5) is 0 Å². The monoisotopic (exact) mass is 438 g/mol. The molecule has 6 nitrogen and oxygen atoms in total. The molecule has 0 atom stereocenters. The number of hydrogen-bond donors (Lipinski definition) is 1. The Labute approximate surface area is 156 Å². The van der Waals surface area contributed by atoms with Gasteiger partial charge in [-0.2, -0.15) is 0 Å². The molecule has 1 aliphatic carbocycles. The summed E-state index contributed by atoms with van der Waals surface area (Å²) in [4.78, 5) is 9.57. The molecule has 0 amide bonds. The van der Waals surface area contributed by atoms with E-state index in [1.807, 2.05) is 0 Å². The number of guanidine groups is 1. The summed E-state index contributed by atoms with van der Waals surface area (Å²) in [7, 11) is 0. The smallest absolute Gasteiger partial charge is 0.191 e. The van der Waals surface area contributed by atoms with E-state index in [4.69, 9.17) is 20.2 Å². The van der Waals surface area contributed by atoms with Crippen molar-refractivity contribution < 1.29 is 9.47 Å². The van der Waals surface area contributed by atoms with Crippen molar-refractivity contribution in [1.82, 2.24) is 9.80 Å². The van der Waals surface area contributed by atoms with Crippen LogP contribution in [0.15, 0.2) is 4.99 Å². The quantitative estimate of drug-likeness (QED) is 0.409. The molecule has 2 heterocycles. The Morgan fingerprint density at radius 2 is 1.48 bits per heavy atom. The Hall–Kier alpha value is -0.120. The number of ether oxygens (including phenoxy) is 2. The van der Waals surface area contributed by atoms with Gasteiger partial charge in [0, 0.05) is 31.7 Å². The first kappa shape index (κ1) is 19.2. The summed E-state index contributed by atoms with van der Waals surface area (Å²) < 4.78 is 10.9. The van der Waals surface area contributed by atoms with Gasteiger partial charge in [-0.25, -0.2) is 0 Å². The molecule has 2 aliphatic heterocycles. The third kappa shape index (κ3) is 4.93. The molecule has 0 radical (unpaired) electrons. The second-order valence-electron chi connectivity index (χ2n) is 6.66. The predicted molar refractivity (Wildman–Crippen MR) is 103 cm³/mol. The molecule has 1 saturated carbocycles. The number of morpholine rings is 2. The van der Waals surface area contributed by atoms with Gasteiger partial charge in [-0.3, -0.25) is 9.89 Å². The van der Waals surface area contributed by atoms with Crippen molar-refractivity contribution in [3.8, 4) is 0 Å². The molecule has 3 aliphatic rings. The predicted octanol–water partition coefficient (Wildman–Crippen LogP) is 1.29. The van der Waals surface area contributed by atoms with E-state index in [9.17, 15) is 0 Å². The molecule has 0 unspecified atom stereocenters. The minimum Gasteiger partial charge on any atom is -0.379 e. The maximum atomic E-state index is 6.23. The van der Waals surface area contributed by atoms with Gasteiger partial charge in [0.05, 0.1) is 33.0 Å². The van der Waals surface area contributed by atoms with Gasteiger partial charge in [0.1, 0.15) is 0 Å². The van der Waals surface area contributed by atoms with E-state index in [2.05, 4.69) is 9.80 Å². The maximum Gasteiger partial charge on any atom is 0.191 e. The molecule has 0 spiro atoms. The van der Waals surface area contributed by atoms with Crippen LogP contribution in [0.25, 0.3) is 0 Å². The number of nitrogens with zero attached hydrogens (tertiary/aromatic N) is 3. The second kappa shape index (κ2) is 9.39. The van der Waals surface area contributed by atoms with Gasteiger partial charge in [0.15, 0.2) is 5.96 Å². The van der Waals surface area contributed by atoms with E-state index in [-0.39, 0.29) is 29.5 Å². The zero-order chi connectivity index (χ0) is 15.3. The van der Waals surface area contributed by atoms with Crippen LogP contribution < -0.4 is 5.73 Å². The van der Waals surface area contributed by atoms with Crippen molar-refractivity contribution in [2.45, 2.75) is 37.6 Å². The molecule has 134 valence electrons. The lowest BCUT2D eigenvalue weighted by Gasteiger charge is -2.47. The molecule has 2 saturated heterocycles. The zero-order valence-electron chi connectivity index (χ0n) is 14.0. The van der Waals surface area contributed by atoms with Gasteiger partial charge in [0.2, 0.25) is 0 Å². The van der Waals surface area contributed by atoms with Crippen LogP contribution in [0.5, 0.6) is 0 Å². The minimum absolute atomic E-state index is 0. The summed E-state index contributed by atoms with van der Waals surface area (Å²) in [6, 6.07) is 0. The summed E-state index contributed by atoms with van der Waals surface area (Å²) in [6.45, 7) is 7.83. The molecule has 7 heteroatoms. The lowest BCUT2D eigenvalue weighted by Crippen LogP contribution is -2.56. The van der Waals surface area contributed by atoms with E-state index < -0.39 is 0 Å². The molecule has 23 heavy (non-hydrogen) atoms. The first-order valence-corrected chi connectivity index (χ1v) is 8.76. The molecular formula is C16H31IN4O2. The average Bonchev–Trinajstić information content (AvgIpc) is 2.62. The molecular weight excluding hydrogens is 407 g/mol. The molecule has 0 bridgehead atoms. The van der Waals surface area contributed by atoms with E-state index in [1.54, 1.807) is 0 Å². The van der Waals surface area contributed by atoms with Crippen LogP contribution in [0, 0.1) is 0 Å². The summed E-state index contributed by atoms with van der Waals surface area (Å²) >= 11 is 0. The van der Waals surface area contributed by atoms with Crippen molar-refractivity contribution in [2.24, 2.45) is 10.7 Å². The third-order valence-corrected chi connectivity index (χ3v) is 5.34. The first-order valence-electron chi connectivity index (χ1n) is 8.76. The zero-order valence-corrected chi connectivity index (χ0v) is 16.4. The van der Waals surface area contributed by atoms with Crippen molar-refractivity contribution in [1.29, 1.82) is 0 Å². The van der Waals surface area contributed by atoms with Crippen LogP contribution in [0.1, 0.15) is 32.1 Å². The lowest BCUT2D eigenvalue weighted by molar-refractivity contribution is -0.0334. The minimum atomic E-state index is 0. The SMILES string of the molecule is I.NC(=NCC1(N2CCOCC2)CCCCC1)N1CCOCC1. The van der Waals surface area contributed by atoms with Gasteiger partial charge in [-0.05, 0) is 12.8 Å². The standard InChI is InChI=1S/C16H30N4O2.HI/c17-15(19-6-10-21-11-7-19)18-14-16(4-2-1-3-5-16)20-8-12-22-13-9-20;/h1-14H2,(H2,17,18);1H. The van der Waals surface area contributed by atoms with Crippen LogP contribution in [-0.2, 0) is 9.47 Å². The van der Waals surface area contributed by atoms with Crippen LogP contribution >= 0.6 is 24.0 Å². The highest BCUT2D eigenvalue weighted by Crippen LogP contribution is 2.34. The maximum absolute atomic E-state index is 6.23. The van der Waals surface area contributed by atoms with Crippen molar-refractivity contribution in [2.75, 3.05) is 59.2 Å². The molecule has 0 aromatic carbocycles. The molecule has 0 aromatic heterocycles. The van der Waals surface area contributed by atoms with Crippen LogP contribution in [-0.4, -0.2) is 80.4 Å². The van der Waals surface area contributed by atoms with E-state index in [1.165, 1.54) is 32.1 Å². The van der Waals surface area contributed by atoms with Gasteiger partial charge in [-0.1, -0.05) is 19.3 Å². The topological polar surface area (TPSA) is 63.3 Å². The van der Waals surface area contributed by atoms with Gasteiger partial charge < -0.3 is 20.1 Å². The Bertz CT molecular complexity index is 376. The van der Waals surface area contributed by atoms with E-state index in [0.717, 1.165) is 59.2 Å². The van der Waals surface area contributed by atoms with Gasteiger partial charge in [0.25, 0.3) is 0 Å². The number of hydrogen-bond acceptors (Lipinski definition) is 4. The van der Waals surface area contributed by atoms with Gasteiger partial charge >= 0.3 is 0 Å². The normalized spacial score (nSPS) is 26.6. The number of nitrogens with two attached hydrogens (primary N) is 1. The van der Waals surface area contributed by atoms with Crippen molar-refractivity contribution in [3.05, 3.63) is 0 Å². The highest BCUT2D eigenvalue weighted by Gasteiger charge is 2.38. The van der Waals surface area contributed by atoms with E-state index >= 15 is 0 Å². The Morgan fingerprint density at radius 1 is 0.913 bits per heavy atom. The molecule has 3 rings (SSSR count). The number of rotatable bonds is 3. The Morgan fingerprint density at radius 3 is 2.09 bits per heavy atom. The highest BCUT2D eigenvalue weighted by atomic mass is 127. The third-order valence-electron chi connectivity index (χ3n) is 5.34.